The summed E-state index contributed by atoms with van der Waals surface area (Å²) in [6.07, 6.45) is -0.657. The van der Waals surface area contributed by atoms with Crippen LogP contribution in [0.5, 0.6) is 5.75 Å². The van der Waals surface area contributed by atoms with E-state index < -0.39 is 18.0 Å². The monoisotopic (exact) mass is 409 g/mol. The number of esters is 2. The van der Waals surface area contributed by atoms with Gasteiger partial charge < -0.3 is 14.2 Å². The number of benzene rings is 2. The van der Waals surface area contributed by atoms with Gasteiger partial charge in [-0.2, -0.15) is 0 Å². The summed E-state index contributed by atoms with van der Waals surface area (Å²) in [4.78, 5) is 50.6. The zero-order chi connectivity index (χ0) is 21.3. The van der Waals surface area contributed by atoms with Gasteiger partial charge in [0.2, 0.25) is 6.10 Å². The highest BCUT2D eigenvalue weighted by molar-refractivity contribution is 6.21. The molecule has 0 saturated carbocycles. The third kappa shape index (κ3) is 3.52. The predicted molar refractivity (Wildman–Crippen MR) is 103 cm³/mol. The van der Waals surface area contributed by atoms with Crippen LogP contribution in [0.2, 0.25) is 0 Å². The zero-order valence-corrected chi connectivity index (χ0v) is 16.3. The number of imide groups is 1. The van der Waals surface area contributed by atoms with Crippen LogP contribution in [-0.2, 0) is 20.8 Å². The van der Waals surface area contributed by atoms with Gasteiger partial charge in [-0.05, 0) is 36.8 Å². The maximum absolute atomic E-state index is 12.7. The number of fused-ring (bicyclic) bond motifs is 1. The fourth-order valence-corrected chi connectivity index (χ4v) is 3.46. The Morgan fingerprint density at radius 2 is 1.80 bits per heavy atom. The van der Waals surface area contributed by atoms with Gasteiger partial charge in [0.25, 0.3) is 11.8 Å². The van der Waals surface area contributed by atoms with Gasteiger partial charge >= 0.3 is 11.9 Å². The molecule has 2 amide bonds. The molecule has 154 valence electrons. The number of hydrogen-bond donors (Lipinski definition) is 0. The second-order valence-electron chi connectivity index (χ2n) is 6.86. The standard InChI is InChI=1S/C22H19NO7/c1-2-28-17-8-7-13(11-16(17)21(26)30-18-9-10-29-22(18)27)12-23-19(24)14-5-3-4-6-15(14)20(23)25/h3-8,11,18H,2,9-10,12H2,1H3. The number of carbonyl (C=O) groups is 4. The van der Waals surface area contributed by atoms with Gasteiger partial charge in [0.05, 0.1) is 30.9 Å². The second kappa shape index (κ2) is 7.98. The summed E-state index contributed by atoms with van der Waals surface area (Å²) in [7, 11) is 0. The van der Waals surface area contributed by atoms with Crippen molar-refractivity contribution in [1.82, 2.24) is 4.90 Å². The van der Waals surface area contributed by atoms with Crippen molar-refractivity contribution in [3.05, 3.63) is 64.7 Å². The summed E-state index contributed by atoms with van der Waals surface area (Å²) in [5.74, 6) is -1.79. The minimum Gasteiger partial charge on any atom is -0.493 e. The molecule has 4 rings (SSSR count). The normalized spacial score (nSPS) is 17.7. The molecule has 1 fully saturated rings. The number of amides is 2. The Labute approximate surface area is 172 Å². The first kappa shape index (κ1) is 19.6. The largest absolute Gasteiger partial charge is 0.493 e. The fourth-order valence-electron chi connectivity index (χ4n) is 3.46. The summed E-state index contributed by atoms with van der Waals surface area (Å²) in [6, 6.07) is 11.4. The van der Waals surface area contributed by atoms with Gasteiger partial charge in [0, 0.05) is 6.42 Å². The van der Waals surface area contributed by atoms with Crippen LogP contribution in [0.1, 0.15) is 50.0 Å². The molecule has 0 spiro atoms. The summed E-state index contributed by atoms with van der Waals surface area (Å²) in [5.41, 5.74) is 1.38. The van der Waals surface area contributed by atoms with E-state index in [9.17, 15) is 19.2 Å². The Bertz CT molecular complexity index is 1010. The van der Waals surface area contributed by atoms with Crippen LogP contribution in [0.25, 0.3) is 0 Å². The first-order valence-electron chi connectivity index (χ1n) is 9.58. The van der Waals surface area contributed by atoms with Crippen LogP contribution in [0.15, 0.2) is 42.5 Å². The number of carbonyl (C=O) groups excluding carboxylic acids is 4. The molecule has 2 heterocycles. The van der Waals surface area contributed by atoms with Crippen molar-refractivity contribution in [2.75, 3.05) is 13.2 Å². The lowest BCUT2D eigenvalue weighted by Gasteiger charge is -2.17. The molecule has 0 N–H and O–H groups in total. The van der Waals surface area contributed by atoms with Crippen LogP contribution in [0.4, 0.5) is 0 Å². The van der Waals surface area contributed by atoms with Crippen molar-refractivity contribution in [3.8, 4) is 5.75 Å². The van der Waals surface area contributed by atoms with Crippen molar-refractivity contribution in [2.45, 2.75) is 26.0 Å². The number of rotatable bonds is 6. The first-order chi connectivity index (χ1) is 14.5. The number of cyclic esters (lactones) is 1. The highest BCUT2D eigenvalue weighted by Crippen LogP contribution is 2.27. The molecule has 2 aromatic rings. The molecule has 1 unspecified atom stereocenters. The van der Waals surface area contributed by atoms with Gasteiger partial charge in [0.1, 0.15) is 11.3 Å². The van der Waals surface area contributed by atoms with E-state index in [0.29, 0.717) is 35.5 Å². The van der Waals surface area contributed by atoms with E-state index in [1.807, 2.05) is 0 Å². The Balaban J connectivity index is 1.58. The fraction of sp³-hybridized carbons (Fsp3) is 0.273. The molecular weight excluding hydrogens is 390 g/mol. The lowest BCUT2D eigenvalue weighted by atomic mass is 10.1. The van der Waals surface area contributed by atoms with Gasteiger partial charge in [-0.15, -0.1) is 0 Å². The second-order valence-corrected chi connectivity index (χ2v) is 6.86. The Hall–Kier alpha value is -3.68. The SMILES string of the molecule is CCOc1ccc(CN2C(=O)c3ccccc3C2=O)cc1C(=O)OC1CCOC1=O. The number of hydrogen-bond acceptors (Lipinski definition) is 7. The first-order valence-corrected chi connectivity index (χ1v) is 9.58. The summed E-state index contributed by atoms with van der Waals surface area (Å²) < 4.78 is 15.6. The Morgan fingerprint density at radius 1 is 1.10 bits per heavy atom. The average Bonchev–Trinajstić information content (AvgIpc) is 3.25. The number of nitrogens with zero attached hydrogens (tertiary/aromatic N) is 1. The summed E-state index contributed by atoms with van der Waals surface area (Å²) in [5, 5.41) is 0. The molecule has 8 nitrogen and oxygen atoms in total. The molecule has 1 atom stereocenters. The minimum absolute atomic E-state index is 0.00942. The van der Waals surface area contributed by atoms with Gasteiger partial charge in [-0.1, -0.05) is 18.2 Å². The minimum atomic E-state index is -0.952. The quantitative estimate of drug-likeness (QED) is 0.533. The van der Waals surface area contributed by atoms with E-state index >= 15 is 0 Å². The predicted octanol–water partition coefficient (Wildman–Crippen LogP) is 2.35. The molecule has 0 aliphatic carbocycles. The molecule has 30 heavy (non-hydrogen) atoms. The van der Waals surface area contributed by atoms with Crippen LogP contribution in [0.3, 0.4) is 0 Å². The van der Waals surface area contributed by atoms with Crippen LogP contribution in [0, 0.1) is 0 Å². The molecule has 2 aliphatic heterocycles. The topological polar surface area (TPSA) is 99.2 Å². The molecular formula is C22H19NO7. The van der Waals surface area contributed by atoms with Gasteiger partial charge in [0.15, 0.2) is 0 Å². The maximum atomic E-state index is 12.7. The average molecular weight is 409 g/mol. The lowest BCUT2D eigenvalue weighted by molar-refractivity contribution is -0.145. The van der Waals surface area contributed by atoms with E-state index in [1.54, 1.807) is 43.3 Å². The van der Waals surface area contributed by atoms with Crippen molar-refractivity contribution in [3.63, 3.8) is 0 Å². The maximum Gasteiger partial charge on any atom is 0.347 e. The molecule has 0 bridgehead atoms. The van der Waals surface area contributed by atoms with E-state index in [1.165, 1.54) is 6.07 Å². The van der Waals surface area contributed by atoms with Crippen LogP contribution >= 0.6 is 0 Å². The van der Waals surface area contributed by atoms with Crippen LogP contribution < -0.4 is 4.74 Å². The highest BCUT2D eigenvalue weighted by atomic mass is 16.6. The van der Waals surface area contributed by atoms with Crippen LogP contribution in [-0.4, -0.2) is 48.0 Å². The van der Waals surface area contributed by atoms with E-state index in [-0.39, 0.29) is 30.5 Å². The molecule has 0 radical (unpaired) electrons. The molecule has 1 saturated heterocycles. The van der Waals surface area contributed by atoms with Crippen molar-refractivity contribution < 1.29 is 33.4 Å². The number of ether oxygens (including phenoxy) is 3. The third-order valence-electron chi connectivity index (χ3n) is 4.92. The molecule has 8 heteroatoms. The van der Waals surface area contributed by atoms with Crippen molar-refractivity contribution >= 4 is 23.8 Å². The van der Waals surface area contributed by atoms with Gasteiger partial charge in [-0.3, -0.25) is 14.5 Å². The molecule has 2 aromatic carbocycles. The van der Waals surface area contributed by atoms with E-state index in [2.05, 4.69) is 0 Å². The van der Waals surface area contributed by atoms with E-state index in [0.717, 1.165) is 4.90 Å². The molecule has 2 aliphatic rings. The third-order valence-corrected chi connectivity index (χ3v) is 4.92. The zero-order valence-electron chi connectivity index (χ0n) is 16.3. The van der Waals surface area contributed by atoms with Gasteiger partial charge in [-0.25, -0.2) is 9.59 Å². The summed E-state index contributed by atoms with van der Waals surface area (Å²) in [6.45, 7) is 2.29. The Morgan fingerprint density at radius 3 is 2.40 bits per heavy atom. The highest BCUT2D eigenvalue weighted by Gasteiger charge is 2.35. The van der Waals surface area contributed by atoms with Crippen molar-refractivity contribution in [1.29, 1.82) is 0 Å². The Kier molecular flexibility index (Phi) is 5.22. The lowest BCUT2D eigenvalue weighted by Crippen LogP contribution is -2.29. The smallest absolute Gasteiger partial charge is 0.347 e. The summed E-state index contributed by atoms with van der Waals surface area (Å²) >= 11 is 0. The molecule has 0 aromatic heterocycles. The van der Waals surface area contributed by atoms with E-state index in [4.69, 9.17) is 14.2 Å². The van der Waals surface area contributed by atoms with Crippen molar-refractivity contribution in [2.24, 2.45) is 0 Å².